The molecule has 2 aromatic heterocycles. The molecule has 0 saturated heterocycles. The quantitative estimate of drug-likeness (QED) is 0.369. The van der Waals surface area contributed by atoms with Crippen molar-refractivity contribution in [2.24, 2.45) is 0 Å². The first-order valence-corrected chi connectivity index (χ1v) is 11.5. The van der Waals surface area contributed by atoms with E-state index < -0.39 is 28.6 Å². The van der Waals surface area contributed by atoms with E-state index in [1.807, 2.05) is 0 Å². The van der Waals surface area contributed by atoms with E-state index in [0.29, 0.717) is 16.8 Å². The third-order valence-electron chi connectivity index (χ3n) is 5.56. The molecule has 0 fully saturated rings. The zero-order valence-electron chi connectivity index (χ0n) is 20.3. The third-order valence-corrected chi connectivity index (χ3v) is 5.88. The van der Waals surface area contributed by atoms with Crippen LogP contribution in [0.5, 0.6) is 5.88 Å². The van der Waals surface area contributed by atoms with Gasteiger partial charge in [-0.3, -0.25) is 9.36 Å². The maximum Gasteiger partial charge on any atom is 0.280 e. The number of rotatable bonds is 6. The molecular weight excluding hydrogens is 509 g/mol. The molecule has 0 radical (unpaired) electrons. The second kappa shape index (κ2) is 9.95. The second-order valence-electron chi connectivity index (χ2n) is 8.89. The molecule has 1 N–H and O–H groups in total. The summed E-state index contributed by atoms with van der Waals surface area (Å²) in [5.74, 6) is -2.23. The number of nitrogens with zero attached hydrogens (tertiary/aromatic N) is 4. The van der Waals surface area contributed by atoms with E-state index in [0.717, 1.165) is 18.3 Å². The molecule has 0 bridgehead atoms. The Morgan fingerprint density at radius 1 is 1.05 bits per heavy atom. The lowest BCUT2D eigenvalue weighted by molar-refractivity contribution is 0.0686. The fourth-order valence-corrected chi connectivity index (χ4v) is 3.79. The van der Waals surface area contributed by atoms with Gasteiger partial charge in [0, 0.05) is 17.2 Å². The minimum absolute atomic E-state index is 0.0307. The molecule has 0 aliphatic heterocycles. The highest BCUT2D eigenvalue weighted by molar-refractivity contribution is 6.31. The SMILES string of the molecule is Cc1ccc(-c2nc(C(C)(C)O)ncc2F)cc1-n1c(C)nc(OCc2ccc(F)cc2F)c(Cl)c1=O. The topological polar surface area (TPSA) is 90.1 Å². The van der Waals surface area contributed by atoms with Crippen molar-refractivity contribution >= 4 is 11.6 Å². The Hall–Kier alpha value is -3.76. The molecule has 0 atom stereocenters. The minimum atomic E-state index is -1.40. The lowest BCUT2D eigenvalue weighted by atomic mass is 10.1. The van der Waals surface area contributed by atoms with Gasteiger partial charge in [-0.05, 0) is 51.5 Å². The lowest BCUT2D eigenvalue weighted by Crippen LogP contribution is -2.24. The molecule has 0 aliphatic carbocycles. The molecular formula is C26H22ClF3N4O3. The van der Waals surface area contributed by atoms with Gasteiger partial charge in [0.25, 0.3) is 5.56 Å². The van der Waals surface area contributed by atoms with E-state index in [2.05, 4.69) is 15.0 Å². The van der Waals surface area contributed by atoms with Crippen LogP contribution in [0.3, 0.4) is 0 Å². The first kappa shape index (κ1) is 26.3. The maximum absolute atomic E-state index is 14.7. The van der Waals surface area contributed by atoms with E-state index in [4.69, 9.17) is 16.3 Å². The van der Waals surface area contributed by atoms with Gasteiger partial charge in [-0.25, -0.2) is 23.1 Å². The van der Waals surface area contributed by atoms with Gasteiger partial charge in [0.2, 0.25) is 5.88 Å². The number of benzene rings is 2. The molecule has 2 heterocycles. The van der Waals surface area contributed by atoms with Crippen LogP contribution in [-0.2, 0) is 12.2 Å². The smallest absolute Gasteiger partial charge is 0.280 e. The van der Waals surface area contributed by atoms with E-state index in [1.165, 1.54) is 24.5 Å². The maximum atomic E-state index is 14.7. The highest BCUT2D eigenvalue weighted by atomic mass is 35.5. The summed E-state index contributed by atoms with van der Waals surface area (Å²) in [6, 6.07) is 7.88. The normalized spacial score (nSPS) is 11.6. The molecule has 37 heavy (non-hydrogen) atoms. The Balaban J connectivity index is 1.75. The zero-order chi connectivity index (χ0) is 27.1. The van der Waals surface area contributed by atoms with Gasteiger partial charge in [-0.2, -0.15) is 4.98 Å². The fourth-order valence-electron chi connectivity index (χ4n) is 3.61. The lowest BCUT2D eigenvalue weighted by Gasteiger charge is -2.18. The van der Waals surface area contributed by atoms with Gasteiger partial charge < -0.3 is 9.84 Å². The van der Waals surface area contributed by atoms with Crippen molar-refractivity contribution in [1.29, 1.82) is 0 Å². The van der Waals surface area contributed by atoms with Crippen molar-refractivity contribution in [3.63, 3.8) is 0 Å². The van der Waals surface area contributed by atoms with E-state index in [9.17, 15) is 23.1 Å². The number of aryl methyl sites for hydroxylation is 2. The summed E-state index contributed by atoms with van der Waals surface area (Å²) < 4.78 is 48.5. The summed E-state index contributed by atoms with van der Waals surface area (Å²) in [7, 11) is 0. The molecule has 2 aromatic carbocycles. The number of aromatic nitrogens is 4. The largest absolute Gasteiger partial charge is 0.471 e. The van der Waals surface area contributed by atoms with Crippen LogP contribution in [-0.4, -0.2) is 24.6 Å². The highest BCUT2D eigenvalue weighted by Crippen LogP contribution is 2.28. The van der Waals surface area contributed by atoms with Gasteiger partial charge in [0.05, 0.1) is 11.9 Å². The van der Waals surface area contributed by atoms with Crippen molar-refractivity contribution in [1.82, 2.24) is 19.5 Å². The molecule has 192 valence electrons. The van der Waals surface area contributed by atoms with Gasteiger partial charge in [0.1, 0.15) is 35.4 Å². The predicted molar refractivity (Wildman–Crippen MR) is 131 cm³/mol. The minimum Gasteiger partial charge on any atom is -0.471 e. The van der Waals surface area contributed by atoms with Crippen LogP contribution in [0.25, 0.3) is 16.9 Å². The Morgan fingerprint density at radius 2 is 1.78 bits per heavy atom. The zero-order valence-corrected chi connectivity index (χ0v) is 21.1. The number of hydrogen-bond donors (Lipinski definition) is 1. The standard InChI is InChI=1S/C26H22ClF3N4O3/c1-13-5-6-15(22-19(30)11-31-25(33-22)26(3,4)36)9-20(13)34-14(2)32-23(21(27)24(34)35)37-12-16-7-8-17(28)10-18(16)29/h5-11,36H,12H2,1-4H3. The predicted octanol–water partition coefficient (Wildman–Crippen LogP) is 5.18. The second-order valence-corrected chi connectivity index (χ2v) is 9.27. The average molecular weight is 531 g/mol. The number of ether oxygens (including phenoxy) is 1. The van der Waals surface area contributed by atoms with Crippen LogP contribution in [0.2, 0.25) is 5.02 Å². The Labute approximate surface area is 215 Å². The van der Waals surface area contributed by atoms with Crippen molar-refractivity contribution < 1.29 is 23.0 Å². The van der Waals surface area contributed by atoms with Crippen molar-refractivity contribution in [3.05, 3.63) is 98.2 Å². The Kier molecular flexibility index (Phi) is 7.07. The van der Waals surface area contributed by atoms with Crippen LogP contribution in [0, 0.1) is 31.3 Å². The van der Waals surface area contributed by atoms with Crippen LogP contribution in [0.1, 0.15) is 36.6 Å². The first-order chi connectivity index (χ1) is 17.4. The Bertz CT molecular complexity index is 1570. The third kappa shape index (κ3) is 5.35. The molecule has 0 spiro atoms. The molecule has 11 heteroatoms. The van der Waals surface area contributed by atoms with Gasteiger partial charge in [-0.1, -0.05) is 23.7 Å². The van der Waals surface area contributed by atoms with Gasteiger partial charge >= 0.3 is 0 Å². The fraction of sp³-hybridized carbons (Fsp3) is 0.231. The van der Waals surface area contributed by atoms with Crippen LogP contribution >= 0.6 is 11.6 Å². The van der Waals surface area contributed by atoms with Gasteiger partial charge in [-0.15, -0.1) is 0 Å². The Morgan fingerprint density at radius 3 is 2.46 bits per heavy atom. The van der Waals surface area contributed by atoms with E-state index in [1.54, 1.807) is 32.0 Å². The van der Waals surface area contributed by atoms with Crippen LogP contribution in [0.4, 0.5) is 13.2 Å². The van der Waals surface area contributed by atoms with E-state index in [-0.39, 0.29) is 40.4 Å². The number of hydrogen-bond acceptors (Lipinski definition) is 6. The molecule has 0 amide bonds. The summed E-state index contributed by atoms with van der Waals surface area (Å²) in [5, 5.41) is 9.88. The summed E-state index contributed by atoms with van der Waals surface area (Å²) in [6.07, 6.45) is 0.973. The van der Waals surface area contributed by atoms with Crippen LogP contribution < -0.4 is 10.3 Å². The van der Waals surface area contributed by atoms with Gasteiger partial charge in [0.15, 0.2) is 16.7 Å². The molecule has 0 aliphatic rings. The first-order valence-electron chi connectivity index (χ1n) is 11.1. The molecule has 4 aromatic rings. The summed E-state index contributed by atoms with van der Waals surface area (Å²) >= 11 is 6.27. The monoisotopic (exact) mass is 530 g/mol. The van der Waals surface area contributed by atoms with Crippen LogP contribution in [0.15, 0.2) is 47.4 Å². The average Bonchev–Trinajstić information content (AvgIpc) is 2.82. The van der Waals surface area contributed by atoms with Crippen molar-refractivity contribution in [3.8, 4) is 22.8 Å². The highest BCUT2D eigenvalue weighted by Gasteiger charge is 2.23. The summed E-state index contributed by atoms with van der Waals surface area (Å²) in [6.45, 7) is 5.93. The van der Waals surface area contributed by atoms with Crippen molar-refractivity contribution in [2.45, 2.75) is 39.9 Å². The van der Waals surface area contributed by atoms with E-state index >= 15 is 0 Å². The van der Waals surface area contributed by atoms with Crippen molar-refractivity contribution in [2.75, 3.05) is 0 Å². The summed E-state index contributed by atoms with van der Waals surface area (Å²) in [5.41, 5.74) is -0.696. The number of halogens is 4. The molecule has 4 rings (SSSR count). The number of aliphatic hydroxyl groups is 1. The molecule has 0 saturated carbocycles. The molecule has 0 unspecified atom stereocenters. The summed E-state index contributed by atoms with van der Waals surface area (Å²) in [4.78, 5) is 25.5. The molecule has 7 nitrogen and oxygen atoms in total.